The molecule has 28 heavy (non-hydrogen) atoms. The molecule has 5 nitrogen and oxygen atoms in total. The van der Waals surface area contributed by atoms with E-state index in [0.29, 0.717) is 17.7 Å². The van der Waals surface area contributed by atoms with Gasteiger partial charge >= 0.3 is 0 Å². The molecular formula is C23H25N3O2. The third kappa shape index (κ3) is 3.90. The average molecular weight is 375 g/mol. The minimum atomic E-state index is -0.320. The van der Waals surface area contributed by atoms with E-state index in [-0.39, 0.29) is 12.1 Å². The number of amides is 1. The highest BCUT2D eigenvalue weighted by molar-refractivity contribution is 6.02. The monoisotopic (exact) mass is 375 g/mol. The number of nitrogens with one attached hydrogen (secondary N) is 3. The SMILES string of the molecule is O=C(Nc1ccc(C2CC2NCC2CC2)cc1)C1=CNC(c2ccccc2)O1. The second kappa shape index (κ2) is 7.32. The maximum Gasteiger partial charge on any atom is 0.292 e. The molecule has 0 saturated heterocycles. The smallest absolute Gasteiger partial charge is 0.292 e. The van der Waals surface area contributed by atoms with Crippen LogP contribution in [0.1, 0.15) is 42.5 Å². The topological polar surface area (TPSA) is 62.4 Å². The zero-order valence-corrected chi connectivity index (χ0v) is 15.7. The summed E-state index contributed by atoms with van der Waals surface area (Å²) >= 11 is 0. The molecule has 1 aliphatic heterocycles. The lowest BCUT2D eigenvalue weighted by Gasteiger charge is -2.13. The molecule has 2 aromatic rings. The van der Waals surface area contributed by atoms with Gasteiger partial charge in [-0.05, 0) is 49.4 Å². The fourth-order valence-electron chi connectivity index (χ4n) is 3.69. The van der Waals surface area contributed by atoms with Gasteiger partial charge in [0.1, 0.15) is 0 Å². The molecule has 3 aliphatic rings. The van der Waals surface area contributed by atoms with E-state index < -0.39 is 0 Å². The van der Waals surface area contributed by atoms with E-state index in [0.717, 1.165) is 17.2 Å². The first-order valence-electron chi connectivity index (χ1n) is 10.1. The largest absolute Gasteiger partial charge is 0.459 e. The number of carbonyl (C=O) groups excluding carboxylic acids is 1. The van der Waals surface area contributed by atoms with Gasteiger partial charge in [0.2, 0.25) is 5.76 Å². The van der Waals surface area contributed by atoms with Crippen molar-refractivity contribution in [1.29, 1.82) is 0 Å². The Morgan fingerprint density at radius 2 is 1.82 bits per heavy atom. The summed E-state index contributed by atoms with van der Waals surface area (Å²) < 4.78 is 5.75. The minimum Gasteiger partial charge on any atom is -0.459 e. The molecule has 0 bridgehead atoms. The maximum absolute atomic E-state index is 12.5. The normalized spacial score (nSPS) is 25.4. The Hall–Kier alpha value is -2.79. The van der Waals surface area contributed by atoms with Crippen LogP contribution in [0.4, 0.5) is 5.69 Å². The molecule has 144 valence electrons. The Balaban J connectivity index is 1.13. The molecule has 3 unspecified atom stereocenters. The third-order valence-electron chi connectivity index (χ3n) is 5.69. The predicted octanol–water partition coefficient (Wildman–Crippen LogP) is 3.64. The van der Waals surface area contributed by atoms with E-state index in [1.807, 2.05) is 42.5 Å². The Labute approximate surface area is 165 Å². The van der Waals surface area contributed by atoms with Crippen molar-refractivity contribution in [3.05, 3.63) is 77.7 Å². The van der Waals surface area contributed by atoms with Crippen LogP contribution in [0.15, 0.2) is 66.6 Å². The minimum absolute atomic E-state index is 0.242. The second-order valence-electron chi connectivity index (χ2n) is 7.96. The van der Waals surface area contributed by atoms with Gasteiger partial charge in [0.25, 0.3) is 5.91 Å². The number of hydrogen-bond donors (Lipinski definition) is 3. The number of anilines is 1. The fraction of sp³-hybridized carbons (Fsp3) is 0.348. The molecule has 1 amide bonds. The maximum atomic E-state index is 12.5. The summed E-state index contributed by atoms with van der Waals surface area (Å²) in [4.78, 5) is 12.5. The van der Waals surface area contributed by atoms with Crippen LogP contribution in [0.3, 0.4) is 0 Å². The highest BCUT2D eigenvalue weighted by atomic mass is 16.5. The molecule has 2 aliphatic carbocycles. The summed E-state index contributed by atoms with van der Waals surface area (Å²) in [7, 11) is 0. The summed E-state index contributed by atoms with van der Waals surface area (Å²) in [6, 6.07) is 18.6. The van der Waals surface area contributed by atoms with Crippen molar-refractivity contribution in [2.24, 2.45) is 5.92 Å². The Kier molecular flexibility index (Phi) is 4.53. The molecule has 0 spiro atoms. The second-order valence-corrected chi connectivity index (χ2v) is 7.96. The predicted molar refractivity (Wildman–Crippen MR) is 108 cm³/mol. The lowest BCUT2D eigenvalue weighted by molar-refractivity contribution is -0.116. The highest BCUT2D eigenvalue weighted by Gasteiger charge is 2.38. The first-order valence-corrected chi connectivity index (χ1v) is 10.1. The molecule has 0 radical (unpaired) electrons. The zero-order valence-electron chi connectivity index (χ0n) is 15.7. The Bertz CT molecular complexity index is 874. The Morgan fingerprint density at radius 3 is 2.57 bits per heavy atom. The van der Waals surface area contributed by atoms with Crippen LogP contribution in [0.5, 0.6) is 0 Å². The summed E-state index contributed by atoms with van der Waals surface area (Å²) in [5.74, 6) is 1.58. The molecule has 2 fully saturated rings. The first-order chi connectivity index (χ1) is 13.8. The van der Waals surface area contributed by atoms with Crippen molar-refractivity contribution < 1.29 is 9.53 Å². The van der Waals surface area contributed by atoms with Crippen LogP contribution >= 0.6 is 0 Å². The molecular weight excluding hydrogens is 350 g/mol. The van der Waals surface area contributed by atoms with E-state index >= 15 is 0 Å². The van der Waals surface area contributed by atoms with Gasteiger partial charge in [-0.15, -0.1) is 0 Å². The summed E-state index contributed by atoms with van der Waals surface area (Å²) in [5.41, 5.74) is 3.11. The third-order valence-corrected chi connectivity index (χ3v) is 5.69. The number of benzene rings is 2. The molecule has 5 heteroatoms. The number of carbonyl (C=O) groups is 1. The van der Waals surface area contributed by atoms with Crippen molar-refractivity contribution in [2.45, 2.75) is 37.5 Å². The first kappa shape index (κ1) is 17.3. The van der Waals surface area contributed by atoms with Crippen LogP contribution in [0, 0.1) is 5.92 Å². The van der Waals surface area contributed by atoms with Crippen LogP contribution in [0.25, 0.3) is 0 Å². The number of ether oxygens (including phenoxy) is 1. The summed E-state index contributed by atoms with van der Waals surface area (Å²) in [6.07, 6.45) is 5.30. The van der Waals surface area contributed by atoms with Gasteiger partial charge in [-0.3, -0.25) is 4.79 Å². The van der Waals surface area contributed by atoms with Gasteiger partial charge in [-0.1, -0.05) is 42.5 Å². The molecule has 2 saturated carbocycles. The molecule has 2 aromatic carbocycles. The summed E-state index contributed by atoms with van der Waals surface area (Å²) in [6.45, 7) is 1.17. The van der Waals surface area contributed by atoms with E-state index in [4.69, 9.17) is 4.74 Å². The van der Waals surface area contributed by atoms with E-state index in [1.165, 1.54) is 31.4 Å². The van der Waals surface area contributed by atoms with Crippen molar-refractivity contribution in [3.8, 4) is 0 Å². The molecule has 1 heterocycles. The standard InChI is InChI=1S/C23H25N3O2/c27-22(21-14-25-23(28-21)17-4-2-1-3-5-17)26-18-10-8-16(9-11-18)19-12-20(19)24-13-15-6-7-15/h1-5,8-11,14-15,19-20,23-25H,6-7,12-13H2,(H,26,27). The van der Waals surface area contributed by atoms with Crippen LogP contribution < -0.4 is 16.0 Å². The van der Waals surface area contributed by atoms with Gasteiger partial charge in [-0.25, -0.2) is 0 Å². The van der Waals surface area contributed by atoms with E-state index in [1.54, 1.807) is 6.20 Å². The average Bonchev–Trinajstić information content (AvgIpc) is 3.65. The quantitative estimate of drug-likeness (QED) is 0.691. The van der Waals surface area contributed by atoms with Crippen LogP contribution in [0.2, 0.25) is 0 Å². The Morgan fingerprint density at radius 1 is 1.04 bits per heavy atom. The number of rotatable bonds is 7. The lowest BCUT2D eigenvalue weighted by Crippen LogP contribution is -2.20. The van der Waals surface area contributed by atoms with E-state index in [2.05, 4.69) is 28.1 Å². The lowest BCUT2D eigenvalue weighted by atomic mass is 10.1. The van der Waals surface area contributed by atoms with Gasteiger partial charge in [0.15, 0.2) is 6.23 Å². The van der Waals surface area contributed by atoms with Gasteiger partial charge in [0, 0.05) is 29.4 Å². The number of hydrogen-bond acceptors (Lipinski definition) is 4. The molecule has 3 N–H and O–H groups in total. The van der Waals surface area contributed by atoms with Crippen molar-refractivity contribution in [3.63, 3.8) is 0 Å². The highest BCUT2D eigenvalue weighted by Crippen LogP contribution is 2.42. The summed E-state index contributed by atoms with van der Waals surface area (Å²) in [5, 5.41) is 9.68. The molecule has 3 atom stereocenters. The van der Waals surface area contributed by atoms with Gasteiger partial charge in [0.05, 0.1) is 0 Å². The van der Waals surface area contributed by atoms with Crippen LogP contribution in [-0.4, -0.2) is 18.5 Å². The van der Waals surface area contributed by atoms with Crippen LogP contribution in [-0.2, 0) is 9.53 Å². The zero-order chi connectivity index (χ0) is 18.9. The van der Waals surface area contributed by atoms with E-state index in [9.17, 15) is 4.79 Å². The van der Waals surface area contributed by atoms with Gasteiger partial charge < -0.3 is 20.7 Å². The fourth-order valence-corrected chi connectivity index (χ4v) is 3.69. The molecule has 0 aromatic heterocycles. The molecule has 5 rings (SSSR count). The van der Waals surface area contributed by atoms with Crippen molar-refractivity contribution >= 4 is 11.6 Å². The van der Waals surface area contributed by atoms with Crippen molar-refractivity contribution in [1.82, 2.24) is 10.6 Å². The van der Waals surface area contributed by atoms with Crippen molar-refractivity contribution in [2.75, 3.05) is 11.9 Å². The van der Waals surface area contributed by atoms with Gasteiger partial charge in [-0.2, -0.15) is 0 Å².